The monoisotopic (exact) mass is 222 g/mol. The summed E-state index contributed by atoms with van der Waals surface area (Å²) in [6, 6.07) is 4.65. The number of ether oxygens (including phenoxy) is 2. The molecule has 0 spiro atoms. The van der Waals surface area contributed by atoms with Gasteiger partial charge in [-0.2, -0.15) is 0 Å². The van der Waals surface area contributed by atoms with Gasteiger partial charge in [0.15, 0.2) is 0 Å². The number of phenols is 1. The van der Waals surface area contributed by atoms with Gasteiger partial charge < -0.3 is 14.6 Å². The molecule has 16 heavy (non-hydrogen) atoms. The van der Waals surface area contributed by atoms with Crippen molar-refractivity contribution in [2.24, 2.45) is 0 Å². The van der Waals surface area contributed by atoms with Gasteiger partial charge in [0.1, 0.15) is 17.4 Å². The Morgan fingerprint density at radius 3 is 3.00 bits per heavy atom. The standard InChI is InChI=1S/C11H10O5/c1-15-9(13)5-8-6-3-2-4-7(12)10(6)11(14)16-8/h2-4,8,12H,5H2,1H3/t8-/m1/s1. The molecule has 0 unspecified atom stereocenters. The van der Waals surface area contributed by atoms with Crippen LogP contribution in [0.2, 0.25) is 0 Å². The Balaban J connectivity index is 2.33. The van der Waals surface area contributed by atoms with E-state index in [-0.39, 0.29) is 17.7 Å². The minimum absolute atomic E-state index is 0.0430. The van der Waals surface area contributed by atoms with E-state index in [1.807, 2.05) is 0 Å². The van der Waals surface area contributed by atoms with Crippen LogP contribution >= 0.6 is 0 Å². The average Bonchev–Trinajstić information content (AvgIpc) is 2.57. The van der Waals surface area contributed by atoms with Gasteiger partial charge in [-0.25, -0.2) is 4.79 Å². The smallest absolute Gasteiger partial charge is 0.342 e. The second kappa shape index (κ2) is 3.84. The third-order valence-electron chi connectivity index (χ3n) is 2.45. The van der Waals surface area contributed by atoms with Crippen molar-refractivity contribution in [3.8, 4) is 5.75 Å². The Labute approximate surface area is 91.6 Å². The first-order valence-corrected chi connectivity index (χ1v) is 4.73. The lowest BCUT2D eigenvalue weighted by molar-refractivity contribution is -0.142. The fourth-order valence-electron chi connectivity index (χ4n) is 1.69. The molecule has 1 heterocycles. The molecule has 0 bridgehead atoms. The van der Waals surface area contributed by atoms with E-state index in [1.165, 1.54) is 13.2 Å². The molecule has 2 rings (SSSR count). The van der Waals surface area contributed by atoms with Crippen LogP contribution in [0.25, 0.3) is 0 Å². The molecule has 5 heteroatoms. The number of cyclic esters (lactones) is 1. The predicted octanol–water partition coefficient (Wildman–Crippen LogP) is 1.17. The number of rotatable bonds is 2. The summed E-state index contributed by atoms with van der Waals surface area (Å²) in [7, 11) is 1.27. The number of hydrogen-bond acceptors (Lipinski definition) is 5. The molecule has 1 N–H and O–H groups in total. The maximum Gasteiger partial charge on any atom is 0.342 e. The third-order valence-corrected chi connectivity index (χ3v) is 2.45. The lowest BCUT2D eigenvalue weighted by Gasteiger charge is -2.08. The lowest BCUT2D eigenvalue weighted by Crippen LogP contribution is -2.08. The highest BCUT2D eigenvalue weighted by Gasteiger charge is 2.34. The van der Waals surface area contributed by atoms with E-state index in [2.05, 4.69) is 4.74 Å². The van der Waals surface area contributed by atoms with Gasteiger partial charge in [0.05, 0.1) is 13.5 Å². The van der Waals surface area contributed by atoms with Crippen molar-refractivity contribution in [1.82, 2.24) is 0 Å². The molecule has 0 saturated heterocycles. The molecule has 1 atom stereocenters. The van der Waals surface area contributed by atoms with Crippen LogP contribution < -0.4 is 0 Å². The quantitative estimate of drug-likeness (QED) is 0.760. The first kappa shape index (κ1) is 10.5. The summed E-state index contributed by atoms with van der Waals surface area (Å²) in [4.78, 5) is 22.5. The summed E-state index contributed by atoms with van der Waals surface area (Å²) >= 11 is 0. The molecule has 1 aliphatic heterocycles. The minimum atomic E-state index is -0.665. The van der Waals surface area contributed by atoms with Crippen LogP contribution in [-0.2, 0) is 14.3 Å². The molecular weight excluding hydrogens is 212 g/mol. The van der Waals surface area contributed by atoms with Gasteiger partial charge in [0.2, 0.25) is 0 Å². The molecule has 0 radical (unpaired) electrons. The summed E-state index contributed by atoms with van der Waals surface area (Å²) in [5, 5.41) is 9.49. The number of carbonyl (C=O) groups excluding carboxylic acids is 2. The van der Waals surface area contributed by atoms with Crippen molar-refractivity contribution in [3.63, 3.8) is 0 Å². The Morgan fingerprint density at radius 2 is 2.31 bits per heavy atom. The number of hydrogen-bond donors (Lipinski definition) is 1. The summed E-state index contributed by atoms with van der Waals surface area (Å²) in [5.74, 6) is -1.20. The second-order valence-corrected chi connectivity index (χ2v) is 3.42. The Kier molecular flexibility index (Phi) is 2.52. The van der Waals surface area contributed by atoms with E-state index in [1.54, 1.807) is 12.1 Å². The van der Waals surface area contributed by atoms with E-state index >= 15 is 0 Å². The highest BCUT2D eigenvalue weighted by molar-refractivity contribution is 5.97. The zero-order chi connectivity index (χ0) is 11.7. The molecule has 1 aliphatic rings. The Bertz CT molecular complexity index is 452. The largest absolute Gasteiger partial charge is 0.507 e. The van der Waals surface area contributed by atoms with E-state index < -0.39 is 18.0 Å². The van der Waals surface area contributed by atoms with Crippen LogP contribution in [0.4, 0.5) is 0 Å². The number of phenolic OH excluding ortho intramolecular Hbond substituents is 1. The fourth-order valence-corrected chi connectivity index (χ4v) is 1.69. The van der Waals surface area contributed by atoms with Gasteiger partial charge in [0, 0.05) is 5.56 Å². The van der Waals surface area contributed by atoms with Crippen LogP contribution in [0.5, 0.6) is 5.75 Å². The number of esters is 2. The average molecular weight is 222 g/mol. The number of aromatic hydroxyl groups is 1. The fraction of sp³-hybridized carbons (Fsp3) is 0.273. The van der Waals surface area contributed by atoms with E-state index in [9.17, 15) is 14.7 Å². The number of fused-ring (bicyclic) bond motifs is 1. The van der Waals surface area contributed by atoms with Gasteiger partial charge in [-0.1, -0.05) is 12.1 Å². The second-order valence-electron chi connectivity index (χ2n) is 3.42. The molecular formula is C11H10O5. The Morgan fingerprint density at radius 1 is 1.56 bits per heavy atom. The maximum absolute atomic E-state index is 11.4. The summed E-state index contributed by atoms with van der Waals surface area (Å²) in [5.41, 5.74) is 0.659. The molecule has 0 amide bonds. The topological polar surface area (TPSA) is 72.8 Å². The summed E-state index contributed by atoms with van der Waals surface area (Å²) in [6.07, 6.45) is -0.708. The van der Waals surface area contributed by atoms with Gasteiger partial charge in [-0.3, -0.25) is 4.79 Å². The highest BCUT2D eigenvalue weighted by atomic mass is 16.6. The summed E-state index contributed by atoms with van der Waals surface area (Å²) < 4.78 is 9.49. The molecule has 0 aromatic heterocycles. The van der Waals surface area contributed by atoms with Crippen LogP contribution in [0.3, 0.4) is 0 Å². The van der Waals surface area contributed by atoms with Crippen molar-refractivity contribution in [2.75, 3.05) is 7.11 Å². The molecule has 84 valence electrons. The zero-order valence-corrected chi connectivity index (χ0v) is 8.60. The van der Waals surface area contributed by atoms with Gasteiger partial charge in [0.25, 0.3) is 0 Å². The van der Waals surface area contributed by atoms with E-state index in [4.69, 9.17) is 4.74 Å². The first-order chi connectivity index (χ1) is 7.63. The maximum atomic E-state index is 11.4. The van der Waals surface area contributed by atoms with Crippen molar-refractivity contribution < 1.29 is 24.2 Å². The van der Waals surface area contributed by atoms with Crippen LogP contribution in [0.1, 0.15) is 28.4 Å². The Hall–Kier alpha value is -2.04. The zero-order valence-electron chi connectivity index (χ0n) is 8.60. The molecule has 5 nitrogen and oxygen atoms in total. The number of benzene rings is 1. The van der Waals surface area contributed by atoms with Gasteiger partial charge in [-0.15, -0.1) is 0 Å². The molecule has 1 aromatic carbocycles. The van der Waals surface area contributed by atoms with Crippen LogP contribution in [0, 0.1) is 0 Å². The molecule has 0 saturated carbocycles. The molecule has 0 fully saturated rings. The molecule has 0 aliphatic carbocycles. The first-order valence-electron chi connectivity index (χ1n) is 4.73. The predicted molar refractivity (Wildman–Crippen MR) is 52.9 cm³/mol. The van der Waals surface area contributed by atoms with Crippen molar-refractivity contribution >= 4 is 11.9 Å². The SMILES string of the molecule is COC(=O)C[C@H]1OC(=O)c2c(O)cccc21. The number of methoxy groups -OCH3 is 1. The summed E-state index contributed by atoms with van der Waals surface area (Å²) in [6.45, 7) is 0. The van der Waals surface area contributed by atoms with E-state index in [0.29, 0.717) is 5.56 Å². The van der Waals surface area contributed by atoms with Crippen molar-refractivity contribution in [3.05, 3.63) is 29.3 Å². The third kappa shape index (κ3) is 1.60. The normalized spacial score (nSPS) is 17.8. The minimum Gasteiger partial charge on any atom is -0.507 e. The van der Waals surface area contributed by atoms with Gasteiger partial charge >= 0.3 is 11.9 Å². The molecule has 1 aromatic rings. The van der Waals surface area contributed by atoms with Crippen molar-refractivity contribution in [2.45, 2.75) is 12.5 Å². The van der Waals surface area contributed by atoms with Crippen LogP contribution in [-0.4, -0.2) is 24.2 Å². The van der Waals surface area contributed by atoms with E-state index in [0.717, 1.165) is 0 Å². The van der Waals surface area contributed by atoms with Crippen LogP contribution in [0.15, 0.2) is 18.2 Å². The van der Waals surface area contributed by atoms with Gasteiger partial charge in [-0.05, 0) is 6.07 Å². The highest BCUT2D eigenvalue weighted by Crippen LogP contribution is 2.37. The van der Waals surface area contributed by atoms with Crippen molar-refractivity contribution in [1.29, 1.82) is 0 Å². The lowest BCUT2D eigenvalue weighted by atomic mass is 10.0. The number of carbonyl (C=O) groups is 2.